The van der Waals surface area contributed by atoms with Gasteiger partial charge in [-0.1, -0.05) is 11.6 Å². The SMILES string of the molecule is O=C(O)[C@@H]1CN(C(=O)Nc2ccc(F)cc2Cl)C[C@H]1C(F)(F)F. The molecule has 0 spiro atoms. The van der Waals surface area contributed by atoms with E-state index in [1.165, 1.54) is 0 Å². The van der Waals surface area contributed by atoms with Gasteiger partial charge in [-0.05, 0) is 18.2 Å². The van der Waals surface area contributed by atoms with E-state index in [4.69, 9.17) is 16.7 Å². The molecule has 2 N–H and O–H groups in total. The summed E-state index contributed by atoms with van der Waals surface area (Å²) in [5.41, 5.74) is 0.0143. The van der Waals surface area contributed by atoms with Crippen molar-refractivity contribution in [3.05, 3.63) is 29.0 Å². The average molecular weight is 355 g/mol. The first kappa shape index (κ1) is 17.3. The summed E-state index contributed by atoms with van der Waals surface area (Å²) in [6.07, 6.45) is -4.73. The van der Waals surface area contributed by atoms with E-state index in [0.29, 0.717) is 0 Å². The van der Waals surface area contributed by atoms with Gasteiger partial charge < -0.3 is 15.3 Å². The molecule has 2 atom stereocenters. The van der Waals surface area contributed by atoms with Crippen LogP contribution in [0.5, 0.6) is 0 Å². The van der Waals surface area contributed by atoms with Gasteiger partial charge in [-0.3, -0.25) is 4.79 Å². The number of likely N-dealkylation sites (tertiary alicyclic amines) is 1. The molecule has 2 rings (SSSR count). The minimum Gasteiger partial charge on any atom is -0.481 e. The molecule has 10 heteroatoms. The third-order valence-electron chi connectivity index (χ3n) is 3.52. The highest BCUT2D eigenvalue weighted by molar-refractivity contribution is 6.33. The number of hydrogen-bond acceptors (Lipinski definition) is 2. The van der Waals surface area contributed by atoms with E-state index in [1.807, 2.05) is 0 Å². The minimum atomic E-state index is -4.73. The summed E-state index contributed by atoms with van der Waals surface area (Å²) in [5.74, 6) is -6.14. The van der Waals surface area contributed by atoms with Crippen LogP contribution in [-0.2, 0) is 4.79 Å². The molecule has 1 aromatic rings. The lowest BCUT2D eigenvalue weighted by molar-refractivity contribution is -0.187. The van der Waals surface area contributed by atoms with E-state index >= 15 is 0 Å². The lowest BCUT2D eigenvalue weighted by Crippen LogP contribution is -2.35. The van der Waals surface area contributed by atoms with Gasteiger partial charge in [0.15, 0.2) is 0 Å². The number of aliphatic carboxylic acids is 1. The van der Waals surface area contributed by atoms with E-state index in [9.17, 15) is 27.2 Å². The Balaban J connectivity index is 2.13. The second-order valence-corrected chi connectivity index (χ2v) is 5.46. The maximum Gasteiger partial charge on any atom is 0.394 e. The number of hydrogen-bond donors (Lipinski definition) is 2. The largest absolute Gasteiger partial charge is 0.481 e. The summed E-state index contributed by atoms with van der Waals surface area (Å²) in [6, 6.07) is 2.17. The van der Waals surface area contributed by atoms with Crippen molar-refractivity contribution in [2.75, 3.05) is 18.4 Å². The number of benzene rings is 1. The normalized spacial score (nSPS) is 21.3. The van der Waals surface area contributed by atoms with Crippen molar-refractivity contribution >= 4 is 29.3 Å². The molecule has 1 aliphatic heterocycles. The Labute approximate surface area is 132 Å². The van der Waals surface area contributed by atoms with Crippen LogP contribution in [0.4, 0.5) is 28.0 Å². The number of carboxylic acids is 1. The van der Waals surface area contributed by atoms with Crippen LogP contribution in [0.15, 0.2) is 18.2 Å². The van der Waals surface area contributed by atoms with Crippen LogP contribution >= 0.6 is 11.6 Å². The number of anilines is 1. The molecule has 0 aliphatic carbocycles. The Morgan fingerprint density at radius 1 is 1.30 bits per heavy atom. The molecule has 5 nitrogen and oxygen atoms in total. The molecule has 1 fully saturated rings. The Morgan fingerprint density at radius 2 is 1.96 bits per heavy atom. The summed E-state index contributed by atoms with van der Waals surface area (Å²) in [5, 5.41) is 11.0. The minimum absolute atomic E-state index is 0.0143. The van der Waals surface area contributed by atoms with E-state index < -0.39 is 48.9 Å². The lowest BCUT2D eigenvalue weighted by atomic mass is 9.96. The van der Waals surface area contributed by atoms with Gasteiger partial charge in [-0.2, -0.15) is 13.2 Å². The smallest absolute Gasteiger partial charge is 0.394 e. The van der Waals surface area contributed by atoms with Gasteiger partial charge in [0, 0.05) is 13.1 Å². The van der Waals surface area contributed by atoms with E-state index in [0.717, 1.165) is 23.1 Å². The zero-order chi connectivity index (χ0) is 17.4. The Bertz CT molecular complexity index is 638. The number of urea groups is 1. The van der Waals surface area contributed by atoms with E-state index in [2.05, 4.69) is 5.32 Å². The van der Waals surface area contributed by atoms with Gasteiger partial charge in [0.05, 0.1) is 22.5 Å². The highest BCUT2D eigenvalue weighted by Crippen LogP contribution is 2.38. The van der Waals surface area contributed by atoms with Crippen LogP contribution in [0.3, 0.4) is 0 Å². The zero-order valence-electron chi connectivity index (χ0n) is 11.4. The number of carbonyl (C=O) groups is 2. The first-order chi connectivity index (χ1) is 10.6. The number of amides is 2. The number of rotatable bonds is 2. The van der Waals surface area contributed by atoms with Crippen LogP contribution in [-0.4, -0.2) is 41.3 Å². The van der Waals surface area contributed by atoms with Crippen LogP contribution in [0.25, 0.3) is 0 Å². The monoisotopic (exact) mass is 354 g/mol. The molecule has 0 saturated carbocycles. The molecular weight excluding hydrogens is 344 g/mol. The quantitative estimate of drug-likeness (QED) is 0.801. The fourth-order valence-electron chi connectivity index (χ4n) is 2.34. The Morgan fingerprint density at radius 3 is 2.43 bits per heavy atom. The first-order valence-corrected chi connectivity index (χ1v) is 6.78. The molecule has 1 aliphatic rings. The van der Waals surface area contributed by atoms with Crippen molar-refractivity contribution in [2.24, 2.45) is 11.8 Å². The fourth-order valence-corrected chi connectivity index (χ4v) is 2.55. The number of carboxylic acid groups (broad SMARTS) is 1. The van der Waals surface area contributed by atoms with Gasteiger partial charge >= 0.3 is 18.2 Å². The maximum absolute atomic E-state index is 12.9. The third kappa shape index (κ3) is 3.84. The molecular formula is C13H11ClF4N2O3. The van der Waals surface area contributed by atoms with Crippen molar-refractivity contribution in [3.63, 3.8) is 0 Å². The third-order valence-corrected chi connectivity index (χ3v) is 3.83. The molecule has 23 heavy (non-hydrogen) atoms. The van der Waals surface area contributed by atoms with Crippen LogP contribution in [0.2, 0.25) is 5.02 Å². The summed E-state index contributed by atoms with van der Waals surface area (Å²) in [4.78, 5) is 23.7. The molecule has 1 heterocycles. The van der Waals surface area contributed by atoms with Gasteiger partial charge in [0.25, 0.3) is 0 Å². The molecule has 0 aromatic heterocycles. The van der Waals surface area contributed by atoms with E-state index in [-0.39, 0.29) is 10.7 Å². The summed E-state index contributed by atoms with van der Waals surface area (Å²) >= 11 is 5.71. The van der Waals surface area contributed by atoms with Crippen LogP contribution < -0.4 is 5.32 Å². The summed E-state index contributed by atoms with van der Waals surface area (Å²) < 4.78 is 51.5. The number of carbonyl (C=O) groups excluding carboxylic acids is 1. The van der Waals surface area contributed by atoms with Gasteiger partial charge in [0.2, 0.25) is 0 Å². The van der Waals surface area contributed by atoms with Crippen molar-refractivity contribution in [1.29, 1.82) is 0 Å². The molecule has 0 unspecified atom stereocenters. The second kappa shape index (κ2) is 6.23. The summed E-state index contributed by atoms with van der Waals surface area (Å²) in [7, 11) is 0. The highest BCUT2D eigenvalue weighted by atomic mass is 35.5. The number of nitrogens with one attached hydrogen (secondary N) is 1. The molecule has 1 saturated heterocycles. The van der Waals surface area contributed by atoms with E-state index in [1.54, 1.807) is 0 Å². The second-order valence-electron chi connectivity index (χ2n) is 5.05. The molecule has 1 aromatic carbocycles. The average Bonchev–Trinajstić information content (AvgIpc) is 2.87. The number of halogens is 5. The predicted molar refractivity (Wildman–Crippen MR) is 72.7 cm³/mol. The van der Waals surface area contributed by atoms with Crippen molar-refractivity contribution in [2.45, 2.75) is 6.18 Å². The Hall–Kier alpha value is -2.03. The standard InChI is InChI=1S/C13H11ClF4N2O3/c14-9-3-6(15)1-2-10(9)19-12(23)20-4-7(11(21)22)8(5-20)13(16,17)18/h1-3,7-8H,4-5H2,(H,19,23)(H,21,22)/t7-,8-/m1/s1. The highest BCUT2D eigenvalue weighted by Gasteiger charge is 2.53. The van der Waals surface area contributed by atoms with Crippen molar-refractivity contribution in [1.82, 2.24) is 4.90 Å². The van der Waals surface area contributed by atoms with Crippen molar-refractivity contribution in [3.8, 4) is 0 Å². The number of alkyl halides is 3. The molecule has 126 valence electrons. The Kier molecular flexibility index (Phi) is 4.69. The van der Waals surface area contributed by atoms with Crippen LogP contribution in [0.1, 0.15) is 0 Å². The lowest BCUT2D eigenvalue weighted by Gasteiger charge is -2.19. The predicted octanol–water partition coefficient (Wildman–Crippen LogP) is 3.21. The van der Waals surface area contributed by atoms with Gasteiger partial charge in [-0.25, -0.2) is 9.18 Å². The maximum atomic E-state index is 12.9. The van der Waals surface area contributed by atoms with Crippen molar-refractivity contribution < 1.29 is 32.3 Å². The number of nitrogens with zero attached hydrogens (tertiary/aromatic N) is 1. The van der Waals surface area contributed by atoms with Gasteiger partial charge in [0.1, 0.15) is 5.82 Å². The topological polar surface area (TPSA) is 69.6 Å². The molecule has 0 bridgehead atoms. The molecule has 0 radical (unpaired) electrons. The zero-order valence-corrected chi connectivity index (χ0v) is 12.2. The first-order valence-electron chi connectivity index (χ1n) is 6.40. The van der Waals surface area contributed by atoms with Gasteiger partial charge in [-0.15, -0.1) is 0 Å². The molecule has 2 amide bonds. The fraction of sp³-hybridized carbons (Fsp3) is 0.385. The van der Waals surface area contributed by atoms with Crippen LogP contribution in [0, 0.1) is 17.7 Å². The summed E-state index contributed by atoms with van der Waals surface area (Å²) in [6.45, 7) is -1.35.